The first-order valence-corrected chi connectivity index (χ1v) is 8.16. The maximum Gasteiger partial charge on any atom is 0.137 e. The molecule has 0 amide bonds. The van der Waals surface area contributed by atoms with Gasteiger partial charge in [-0.05, 0) is 51.9 Å². The molecular weight excluding hydrogens is 403 g/mol. The lowest BCUT2D eigenvalue weighted by molar-refractivity contribution is 0.373. The molecule has 1 aromatic rings. The van der Waals surface area contributed by atoms with Crippen molar-refractivity contribution in [3.63, 3.8) is 0 Å². The molecule has 0 bridgehead atoms. The van der Waals surface area contributed by atoms with Crippen molar-refractivity contribution >= 4 is 47.8 Å². The van der Waals surface area contributed by atoms with Gasteiger partial charge in [-0.25, -0.2) is 4.39 Å². The fraction of sp³-hybridized carbons (Fsp3) is 0.500. The third kappa shape index (κ3) is 3.54. The first kappa shape index (κ1) is 14.7. The van der Waals surface area contributed by atoms with Gasteiger partial charge < -0.3 is 0 Å². The molecule has 0 nitrogen and oxygen atoms in total. The number of rotatable bonds is 5. The van der Waals surface area contributed by atoms with Crippen molar-refractivity contribution in [3.05, 3.63) is 34.1 Å². The molecule has 4 heteroatoms. The molecule has 0 aliphatic heterocycles. The van der Waals surface area contributed by atoms with Crippen LogP contribution in [0.5, 0.6) is 0 Å². The van der Waals surface area contributed by atoms with Gasteiger partial charge in [0.2, 0.25) is 0 Å². The Bertz CT molecular complexity index is 340. The molecule has 0 unspecified atom stereocenters. The summed E-state index contributed by atoms with van der Waals surface area (Å²) in [6.07, 6.45) is 2.03. The maximum absolute atomic E-state index is 13.1. The molecule has 0 atom stereocenters. The van der Waals surface area contributed by atoms with E-state index in [1.54, 1.807) is 0 Å². The minimum Gasteiger partial charge on any atom is -0.206 e. The lowest BCUT2D eigenvalue weighted by Gasteiger charge is -2.28. The lowest BCUT2D eigenvalue weighted by Crippen LogP contribution is -2.26. The second-order valence-electron chi connectivity index (χ2n) is 4.05. The van der Waals surface area contributed by atoms with Gasteiger partial charge in [0.25, 0.3) is 0 Å². The van der Waals surface area contributed by atoms with Crippen LogP contribution in [0.4, 0.5) is 4.39 Å². The van der Waals surface area contributed by atoms with Gasteiger partial charge in [-0.1, -0.05) is 44.8 Å². The summed E-state index contributed by atoms with van der Waals surface area (Å²) in [7, 11) is 0. The van der Waals surface area contributed by atoms with Crippen LogP contribution in [0.2, 0.25) is 0 Å². The number of benzene rings is 1. The Hall–Kier alpha value is 0.590. The number of hydrogen-bond acceptors (Lipinski definition) is 0. The molecule has 0 saturated carbocycles. The summed E-state index contributed by atoms with van der Waals surface area (Å²) in [4.78, 5) is 0. The zero-order valence-electron chi connectivity index (χ0n) is 9.07. The van der Waals surface area contributed by atoms with E-state index < -0.39 is 0 Å². The van der Waals surface area contributed by atoms with Crippen LogP contribution < -0.4 is 0 Å². The zero-order valence-corrected chi connectivity index (χ0v) is 13.8. The minimum absolute atomic E-state index is 0.205. The first-order valence-electron chi connectivity index (χ1n) is 5.13. The summed E-state index contributed by atoms with van der Waals surface area (Å²) in [5, 5.41) is 1.88. The zero-order chi connectivity index (χ0) is 12.2. The summed E-state index contributed by atoms with van der Waals surface area (Å²) in [5.74, 6) is -0.205. The summed E-state index contributed by atoms with van der Waals surface area (Å²) < 4.78 is 13.7. The van der Waals surface area contributed by atoms with Gasteiger partial charge in [-0.2, -0.15) is 0 Å². The Kier molecular flexibility index (Phi) is 5.95. The maximum atomic E-state index is 13.1. The van der Waals surface area contributed by atoms with Crippen molar-refractivity contribution in [1.82, 2.24) is 0 Å². The number of hydrogen-bond donors (Lipinski definition) is 0. The average Bonchev–Trinajstić information content (AvgIpc) is 2.31. The predicted octanol–water partition coefficient (Wildman–Crippen LogP) is 5.32. The van der Waals surface area contributed by atoms with Crippen molar-refractivity contribution in [1.29, 1.82) is 0 Å². The van der Waals surface area contributed by atoms with E-state index >= 15 is 0 Å². The van der Waals surface area contributed by atoms with Crippen LogP contribution in [0.1, 0.15) is 18.9 Å². The SMILES string of the molecule is CCC(CBr)(CBr)Cc1ccc(F)c(Br)c1. The van der Waals surface area contributed by atoms with Crippen LogP contribution in [0.25, 0.3) is 0 Å². The predicted molar refractivity (Wildman–Crippen MR) is 78.1 cm³/mol. The topological polar surface area (TPSA) is 0 Å². The second-order valence-corrected chi connectivity index (χ2v) is 6.02. The van der Waals surface area contributed by atoms with Crippen molar-refractivity contribution in [2.45, 2.75) is 19.8 Å². The van der Waals surface area contributed by atoms with E-state index in [1.165, 1.54) is 6.07 Å². The third-order valence-electron chi connectivity index (χ3n) is 2.88. The van der Waals surface area contributed by atoms with Gasteiger partial charge >= 0.3 is 0 Å². The Morgan fingerprint density at radius 2 is 1.88 bits per heavy atom. The van der Waals surface area contributed by atoms with Crippen LogP contribution in [0.3, 0.4) is 0 Å². The Morgan fingerprint density at radius 3 is 2.31 bits per heavy atom. The van der Waals surface area contributed by atoms with E-state index in [1.807, 2.05) is 12.1 Å². The molecule has 1 aromatic carbocycles. The first-order chi connectivity index (χ1) is 7.56. The van der Waals surface area contributed by atoms with E-state index in [0.29, 0.717) is 4.47 Å². The minimum atomic E-state index is -0.205. The average molecular weight is 417 g/mol. The Morgan fingerprint density at radius 1 is 1.25 bits per heavy atom. The summed E-state index contributed by atoms with van der Waals surface area (Å²) in [5.41, 5.74) is 1.37. The van der Waals surface area contributed by atoms with E-state index in [4.69, 9.17) is 0 Å². The Labute approximate surface area is 121 Å². The molecule has 0 spiro atoms. The molecular formula is C12H14Br3F. The third-order valence-corrected chi connectivity index (χ3v) is 5.87. The summed E-state index contributed by atoms with van der Waals surface area (Å²) >= 11 is 10.4. The fourth-order valence-corrected chi connectivity index (χ4v) is 4.07. The van der Waals surface area contributed by atoms with E-state index in [9.17, 15) is 4.39 Å². The quantitative estimate of drug-likeness (QED) is 0.570. The number of alkyl halides is 2. The van der Waals surface area contributed by atoms with Gasteiger partial charge in [0, 0.05) is 10.7 Å². The van der Waals surface area contributed by atoms with Crippen LogP contribution in [0.15, 0.2) is 22.7 Å². The molecule has 0 aromatic heterocycles. The highest BCUT2D eigenvalue weighted by molar-refractivity contribution is 9.10. The summed E-state index contributed by atoms with van der Waals surface area (Å²) in [6.45, 7) is 2.18. The molecule has 0 fully saturated rings. The van der Waals surface area contributed by atoms with E-state index in [-0.39, 0.29) is 11.2 Å². The highest BCUT2D eigenvalue weighted by atomic mass is 79.9. The van der Waals surface area contributed by atoms with Gasteiger partial charge in [0.1, 0.15) is 5.82 Å². The van der Waals surface area contributed by atoms with E-state index in [0.717, 1.165) is 29.1 Å². The fourth-order valence-electron chi connectivity index (χ4n) is 1.53. The number of halogens is 4. The van der Waals surface area contributed by atoms with Crippen molar-refractivity contribution in [2.75, 3.05) is 10.7 Å². The molecule has 90 valence electrons. The standard InChI is InChI=1S/C12H14Br3F/c1-2-12(7-13,8-14)6-9-3-4-11(16)10(15)5-9/h3-5H,2,6-8H2,1H3. The van der Waals surface area contributed by atoms with Crippen LogP contribution in [0, 0.1) is 11.2 Å². The van der Waals surface area contributed by atoms with Crippen molar-refractivity contribution < 1.29 is 4.39 Å². The van der Waals surface area contributed by atoms with Gasteiger partial charge in [-0.3, -0.25) is 0 Å². The van der Waals surface area contributed by atoms with Gasteiger partial charge in [0.05, 0.1) is 4.47 Å². The van der Waals surface area contributed by atoms with Crippen LogP contribution >= 0.6 is 47.8 Å². The molecule has 0 N–H and O–H groups in total. The van der Waals surface area contributed by atoms with Crippen molar-refractivity contribution in [3.8, 4) is 0 Å². The highest BCUT2D eigenvalue weighted by Crippen LogP contribution is 2.32. The van der Waals surface area contributed by atoms with Gasteiger partial charge in [0.15, 0.2) is 0 Å². The normalized spacial score (nSPS) is 11.8. The largest absolute Gasteiger partial charge is 0.206 e. The summed E-state index contributed by atoms with van der Waals surface area (Å²) in [6, 6.07) is 5.24. The molecule has 0 aliphatic rings. The monoisotopic (exact) mass is 414 g/mol. The lowest BCUT2D eigenvalue weighted by atomic mass is 9.83. The molecule has 1 rings (SSSR count). The van der Waals surface area contributed by atoms with Crippen LogP contribution in [-0.2, 0) is 6.42 Å². The molecule has 0 heterocycles. The molecule has 0 aliphatic carbocycles. The Balaban J connectivity index is 2.89. The van der Waals surface area contributed by atoms with Crippen molar-refractivity contribution in [2.24, 2.45) is 5.41 Å². The van der Waals surface area contributed by atoms with Crippen LogP contribution in [-0.4, -0.2) is 10.7 Å². The smallest absolute Gasteiger partial charge is 0.137 e. The molecule has 16 heavy (non-hydrogen) atoms. The highest BCUT2D eigenvalue weighted by Gasteiger charge is 2.26. The molecule has 0 saturated heterocycles. The van der Waals surface area contributed by atoms with E-state index in [2.05, 4.69) is 54.7 Å². The molecule has 0 radical (unpaired) electrons. The second kappa shape index (κ2) is 6.50. The van der Waals surface area contributed by atoms with Gasteiger partial charge in [-0.15, -0.1) is 0 Å².